The van der Waals surface area contributed by atoms with E-state index in [0.29, 0.717) is 10.9 Å². The van der Waals surface area contributed by atoms with Crippen molar-refractivity contribution in [3.05, 3.63) is 53.5 Å². The molecular formula is C23H21N3O5S. The van der Waals surface area contributed by atoms with E-state index in [4.69, 9.17) is 19.2 Å². The second kappa shape index (κ2) is 9.19. The lowest BCUT2D eigenvalue weighted by Gasteiger charge is -2.09. The van der Waals surface area contributed by atoms with Crippen molar-refractivity contribution in [2.75, 3.05) is 13.2 Å². The molecule has 0 aliphatic carbocycles. The van der Waals surface area contributed by atoms with Crippen LogP contribution in [0, 0.1) is 6.92 Å². The van der Waals surface area contributed by atoms with Gasteiger partial charge < -0.3 is 14.2 Å². The van der Waals surface area contributed by atoms with E-state index in [0.717, 1.165) is 26.8 Å². The number of rotatable bonds is 5. The molecule has 4 rings (SSSR count). The number of hydrogen-bond acceptors (Lipinski definition) is 8. The molecule has 8 nitrogen and oxygen atoms in total. The van der Waals surface area contributed by atoms with Gasteiger partial charge in [-0.05, 0) is 45.0 Å². The van der Waals surface area contributed by atoms with Crippen molar-refractivity contribution in [3.8, 4) is 27.8 Å². The van der Waals surface area contributed by atoms with Crippen LogP contribution in [0.2, 0.25) is 0 Å². The Labute approximate surface area is 188 Å². The molecule has 4 aromatic rings. The first-order valence-corrected chi connectivity index (χ1v) is 10.9. The quantitative estimate of drug-likeness (QED) is 0.361. The van der Waals surface area contributed by atoms with Crippen molar-refractivity contribution >= 4 is 34.5 Å². The van der Waals surface area contributed by atoms with Crippen molar-refractivity contribution in [2.24, 2.45) is 0 Å². The topological polar surface area (TPSA) is 92.5 Å². The predicted octanol–water partition coefficient (Wildman–Crippen LogP) is 5.68. The maximum absolute atomic E-state index is 12.5. The molecule has 0 spiro atoms. The Balaban J connectivity index is 1.77. The molecule has 0 unspecified atom stereocenters. The summed E-state index contributed by atoms with van der Waals surface area (Å²) in [5.74, 6) is 0.0261. The summed E-state index contributed by atoms with van der Waals surface area (Å²) in [4.78, 5) is 34.6. The summed E-state index contributed by atoms with van der Waals surface area (Å²) in [5, 5.41) is 1.52. The summed E-state index contributed by atoms with van der Waals surface area (Å²) in [6.07, 6.45) is 0.203. The van der Waals surface area contributed by atoms with Crippen LogP contribution in [-0.4, -0.2) is 40.0 Å². The number of nitrogens with zero attached hydrogens (tertiary/aromatic N) is 3. The lowest BCUT2D eigenvalue weighted by Crippen LogP contribution is -2.18. The Kier molecular flexibility index (Phi) is 6.18. The molecule has 0 N–H and O–H groups in total. The van der Waals surface area contributed by atoms with E-state index in [1.165, 1.54) is 4.57 Å². The third-order valence-electron chi connectivity index (χ3n) is 4.62. The number of aryl methyl sites for hydroxylation is 1. The summed E-state index contributed by atoms with van der Waals surface area (Å²) < 4.78 is 16.4. The molecule has 0 aliphatic heterocycles. The third kappa shape index (κ3) is 4.19. The molecule has 0 bridgehead atoms. The minimum absolute atomic E-state index is 0.0261. The summed E-state index contributed by atoms with van der Waals surface area (Å²) in [7, 11) is 0. The number of aromatic nitrogens is 3. The van der Waals surface area contributed by atoms with Crippen LogP contribution in [0.1, 0.15) is 18.7 Å². The van der Waals surface area contributed by atoms with Crippen LogP contribution in [0.25, 0.3) is 32.9 Å². The van der Waals surface area contributed by atoms with Crippen molar-refractivity contribution in [3.63, 3.8) is 0 Å². The van der Waals surface area contributed by atoms with Gasteiger partial charge in [-0.2, -0.15) is 0 Å². The Morgan fingerprint density at radius 2 is 1.88 bits per heavy atom. The molecule has 3 heterocycles. The number of ether oxygens (including phenoxy) is 3. The summed E-state index contributed by atoms with van der Waals surface area (Å²) >= 11 is 1.56. The van der Waals surface area contributed by atoms with Crippen molar-refractivity contribution in [1.82, 2.24) is 14.5 Å². The molecule has 0 radical (unpaired) electrons. The van der Waals surface area contributed by atoms with E-state index in [1.807, 2.05) is 37.3 Å². The third-order valence-corrected chi connectivity index (χ3v) is 5.62. The highest BCUT2D eigenvalue weighted by molar-refractivity contribution is 7.15. The summed E-state index contributed by atoms with van der Waals surface area (Å²) in [6.45, 7) is 5.72. The molecule has 164 valence electrons. The number of fused-ring (bicyclic) bond motifs is 1. The van der Waals surface area contributed by atoms with Gasteiger partial charge in [0, 0.05) is 28.1 Å². The van der Waals surface area contributed by atoms with E-state index < -0.39 is 12.2 Å². The standard InChI is InChI=1S/C23H21N3O5S/c1-4-29-22(27)26-18-10-9-15(12-16(18)13-19(26)31-23(28)30-5-2)20-14(3)32-21(25-20)17-8-6-7-11-24-17/h6-13H,4-5H2,1-3H3. The summed E-state index contributed by atoms with van der Waals surface area (Å²) in [6, 6.07) is 12.9. The van der Waals surface area contributed by atoms with Crippen molar-refractivity contribution < 1.29 is 23.8 Å². The maximum Gasteiger partial charge on any atom is 0.515 e. The average Bonchev–Trinajstić information content (AvgIpc) is 3.34. The van der Waals surface area contributed by atoms with Crippen molar-refractivity contribution in [1.29, 1.82) is 0 Å². The number of hydrogen-bond donors (Lipinski definition) is 0. The first kappa shape index (κ1) is 21.5. The first-order valence-electron chi connectivity index (χ1n) is 10.1. The highest BCUT2D eigenvalue weighted by atomic mass is 32.1. The molecule has 0 fully saturated rings. The Morgan fingerprint density at radius 3 is 2.59 bits per heavy atom. The van der Waals surface area contributed by atoms with Gasteiger partial charge in [0.25, 0.3) is 0 Å². The molecule has 0 atom stereocenters. The van der Waals surface area contributed by atoms with Gasteiger partial charge in [-0.3, -0.25) is 4.98 Å². The molecule has 0 saturated carbocycles. The van der Waals surface area contributed by atoms with Crippen molar-refractivity contribution in [2.45, 2.75) is 20.8 Å². The van der Waals surface area contributed by atoms with Gasteiger partial charge in [-0.15, -0.1) is 11.3 Å². The minimum atomic E-state index is -0.892. The lowest BCUT2D eigenvalue weighted by molar-refractivity contribution is 0.100. The van der Waals surface area contributed by atoms with E-state index >= 15 is 0 Å². The zero-order valence-corrected chi connectivity index (χ0v) is 18.6. The smallest absolute Gasteiger partial charge is 0.449 e. The highest BCUT2D eigenvalue weighted by Gasteiger charge is 2.21. The molecule has 0 aliphatic rings. The van der Waals surface area contributed by atoms with E-state index in [9.17, 15) is 9.59 Å². The van der Waals surface area contributed by atoms with Crippen LogP contribution < -0.4 is 4.74 Å². The second-order valence-electron chi connectivity index (χ2n) is 6.71. The number of carbonyl (C=O) groups excluding carboxylic acids is 2. The van der Waals surface area contributed by atoms with Gasteiger partial charge >= 0.3 is 12.2 Å². The molecule has 1 aromatic carbocycles. The van der Waals surface area contributed by atoms with Crippen LogP contribution in [0.15, 0.2) is 48.7 Å². The van der Waals surface area contributed by atoms with Crippen LogP contribution in [0.3, 0.4) is 0 Å². The SMILES string of the molecule is CCOC(=O)Oc1cc2cc(-c3nc(-c4ccccn4)sc3C)ccc2n1C(=O)OCC. The fraction of sp³-hybridized carbons (Fsp3) is 0.217. The van der Waals surface area contributed by atoms with Gasteiger partial charge in [-0.25, -0.2) is 19.1 Å². The number of pyridine rings is 1. The van der Waals surface area contributed by atoms with Gasteiger partial charge in [0.05, 0.1) is 30.1 Å². The Bertz CT molecular complexity index is 1280. The lowest BCUT2D eigenvalue weighted by atomic mass is 10.1. The molecular weight excluding hydrogens is 430 g/mol. The monoisotopic (exact) mass is 451 g/mol. The number of carbonyl (C=O) groups is 2. The van der Waals surface area contributed by atoms with E-state index in [2.05, 4.69) is 4.98 Å². The number of thiazole rings is 1. The molecule has 3 aromatic heterocycles. The number of benzene rings is 1. The predicted molar refractivity (Wildman–Crippen MR) is 121 cm³/mol. The van der Waals surface area contributed by atoms with Crippen LogP contribution >= 0.6 is 11.3 Å². The highest BCUT2D eigenvalue weighted by Crippen LogP contribution is 2.35. The molecule has 9 heteroatoms. The van der Waals surface area contributed by atoms with Gasteiger partial charge in [0.15, 0.2) is 0 Å². The van der Waals surface area contributed by atoms with Crippen LogP contribution in [-0.2, 0) is 9.47 Å². The minimum Gasteiger partial charge on any atom is -0.449 e. The van der Waals surface area contributed by atoms with Gasteiger partial charge in [0.1, 0.15) is 5.01 Å². The Morgan fingerprint density at radius 1 is 1.06 bits per heavy atom. The second-order valence-corrected chi connectivity index (χ2v) is 7.92. The summed E-state index contributed by atoms with van der Waals surface area (Å²) in [5.41, 5.74) is 3.06. The zero-order chi connectivity index (χ0) is 22.7. The van der Waals surface area contributed by atoms with Gasteiger partial charge in [0.2, 0.25) is 5.88 Å². The zero-order valence-electron chi connectivity index (χ0n) is 17.8. The van der Waals surface area contributed by atoms with Crippen LogP contribution in [0.5, 0.6) is 5.88 Å². The fourth-order valence-electron chi connectivity index (χ4n) is 3.28. The van der Waals surface area contributed by atoms with Crippen LogP contribution in [0.4, 0.5) is 9.59 Å². The molecule has 32 heavy (non-hydrogen) atoms. The van der Waals surface area contributed by atoms with E-state index in [-0.39, 0.29) is 19.1 Å². The first-order chi connectivity index (χ1) is 15.5. The average molecular weight is 452 g/mol. The molecule has 0 saturated heterocycles. The Hall–Kier alpha value is -3.72. The fourth-order valence-corrected chi connectivity index (χ4v) is 4.20. The van der Waals surface area contributed by atoms with E-state index in [1.54, 1.807) is 43.5 Å². The largest absolute Gasteiger partial charge is 0.515 e. The maximum atomic E-state index is 12.5. The normalized spacial score (nSPS) is 10.8. The molecule has 0 amide bonds. The van der Waals surface area contributed by atoms with Gasteiger partial charge in [-0.1, -0.05) is 12.1 Å².